The highest BCUT2D eigenvalue weighted by atomic mass is 79.9. The number of hydrogen-bond acceptors (Lipinski definition) is 5. The van der Waals surface area contributed by atoms with Crippen molar-refractivity contribution in [3.8, 4) is 0 Å². The average Bonchev–Trinajstić information content (AvgIpc) is 2.52. The first-order chi connectivity index (χ1) is 11.2. The molecule has 0 amide bonds. The van der Waals surface area contributed by atoms with Crippen molar-refractivity contribution in [3.63, 3.8) is 0 Å². The van der Waals surface area contributed by atoms with E-state index in [-0.39, 0.29) is 15.5 Å². The van der Waals surface area contributed by atoms with Crippen LogP contribution in [0.5, 0.6) is 0 Å². The van der Waals surface area contributed by atoms with E-state index in [4.69, 9.17) is 21.5 Å². The molecule has 24 heavy (non-hydrogen) atoms. The highest BCUT2D eigenvalue weighted by Gasteiger charge is 2.19. The molecule has 0 atom stereocenters. The number of Topliss-reactive ketones (excluding diaryl/α,β-unsaturated/α-hetero) is 1. The predicted molar refractivity (Wildman–Crippen MR) is 91.6 cm³/mol. The number of hydrogen-bond donors (Lipinski definition) is 1. The summed E-state index contributed by atoms with van der Waals surface area (Å²) >= 11 is 9.10. The maximum Gasteiger partial charge on any atom is 0.340 e. The van der Waals surface area contributed by atoms with Gasteiger partial charge in [0.1, 0.15) is 0 Å². The number of primary sulfonamides is 1. The van der Waals surface area contributed by atoms with Gasteiger partial charge in [-0.15, -0.1) is 0 Å². The summed E-state index contributed by atoms with van der Waals surface area (Å²) in [6.45, 7) is -0.516. The van der Waals surface area contributed by atoms with E-state index in [9.17, 15) is 18.0 Å². The molecule has 126 valence electrons. The van der Waals surface area contributed by atoms with Gasteiger partial charge in [-0.05, 0) is 24.3 Å². The third-order valence-electron chi connectivity index (χ3n) is 2.99. The van der Waals surface area contributed by atoms with Gasteiger partial charge < -0.3 is 4.74 Å². The minimum Gasteiger partial charge on any atom is -0.454 e. The molecule has 0 spiro atoms. The summed E-state index contributed by atoms with van der Waals surface area (Å²) in [5.41, 5.74) is 0.165. The van der Waals surface area contributed by atoms with E-state index < -0.39 is 28.4 Å². The fraction of sp³-hybridized carbons (Fsp3) is 0.0667. The monoisotopic (exact) mass is 431 g/mol. The standard InChI is InChI=1S/C15H11BrClNO5S/c16-12-4-2-1-3-10(12)14(19)8-23-15(20)11-7-9(24(18,21)22)5-6-13(11)17/h1-7H,8H2,(H2,18,21,22). The van der Waals surface area contributed by atoms with Gasteiger partial charge >= 0.3 is 5.97 Å². The summed E-state index contributed by atoms with van der Waals surface area (Å²) in [5.74, 6) is -1.35. The molecule has 0 aromatic heterocycles. The van der Waals surface area contributed by atoms with Crippen LogP contribution in [0.2, 0.25) is 5.02 Å². The summed E-state index contributed by atoms with van der Waals surface area (Å²) in [5, 5.41) is 5.00. The summed E-state index contributed by atoms with van der Waals surface area (Å²) < 4.78 is 28.1. The third kappa shape index (κ3) is 4.41. The molecular weight excluding hydrogens is 422 g/mol. The lowest BCUT2D eigenvalue weighted by atomic mass is 10.1. The van der Waals surface area contributed by atoms with Crippen LogP contribution in [0.1, 0.15) is 20.7 Å². The molecule has 2 rings (SSSR count). The van der Waals surface area contributed by atoms with Crippen molar-refractivity contribution in [2.45, 2.75) is 4.90 Å². The molecule has 0 aliphatic carbocycles. The fourth-order valence-electron chi connectivity index (χ4n) is 1.81. The molecule has 0 radical (unpaired) electrons. The molecule has 0 saturated carbocycles. The van der Waals surface area contributed by atoms with E-state index in [1.165, 1.54) is 12.1 Å². The Balaban J connectivity index is 2.16. The minimum atomic E-state index is -4.00. The molecular formula is C15H11BrClNO5S. The van der Waals surface area contributed by atoms with Gasteiger partial charge in [0.25, 0.3) is 0 Å². The molecule has 2 aromatic carbocycles. The van der Waals surface area contributed by atoms with Crippen LogP contribution < -0.4 is 5.14 Å². The number of rotatable bonds is 5. The molecule has 0 bridgehead atoms. The highest BCUT2D eigenvalue weighted by molar-refractivity contribution is 9.10. The Hall–Kier alpha value is -1.74. The molecule has 0 fully saturated rings. The van der Waals surface area contributed by atoms with Crippen LogP contribution in [-0.4, -0.2) is 26.8 Å². The number of carbonyl (C=O) groups excluding carboxylic acids is 2. The van der Waals surface area contributed by atoms with Crippen molar-refractivity contribution < 1.29 is 22.7 Å². The predicted octanol–water partition coefficient (Wildman–Crippen LogP) is 2.79. The zero-order valence-corrected chi connectivity index (χ0v) is 15.2. The van der Waals surface area contributed by atoms with Gasteiger partial charge in [-0.1, -0.05) is 45.7 Å². The van der Waals surface area contributed by atoms with Crippen LogP contribution in [0, 0.1) is 0 Å². The van der Waals surface area contributed by atoms with Gasteiger partial charge in [0, 0.05) is 10.0 Å². The van der Waals surface area contributed by atoms with Crippen molar-refractivity contribution in [1.29, 1.82) is 0 Å². The van der Waals surface area contributed by atoms with Gasteiger partial charge in [0.15, 0.2) is 6.61 Å². The molecule has 0 aliphatic rings. The average molecular weight is 433 g/mol. The first kappa shape index (κ1) is 18.6. The van der Waals surface area contributed by atoms with Crippen LogP contribution in [0.15, 0.2) is 51.8 Å². The summed E-state index contributed by atoms with van der Waals surface area (Å²) in [7, 11) is -4.00. The maximum absolute atomic E-state index is 12.1. The van der Waals surface area contributed by atoms with Crippen molar-refractivity contribution in [2.24, 2.45) is 5.14 Å². The first-order valence-electron chi connectivity index (χ1n) is 6.47. The lowest BCUT2D eigenvalue weighted by Crippen LogP contribution is -2.17. The summed E-state index contributed by atoms with van der Waals surface area (Å²) in [6, 6.07) is 10.1. The van der Waals surface area contributed by atoms with E-state index in [1.807, 2.05) is 0 Å². The van der Waals surface area contributed by atoms with E-state index in [0.29, 0.717) is 10.0 Å². The van der Waals surface area contributed by atoms with Crippen LogP contribution in [0.25, 0.3) is 0 Å². The number of carbonyl (C=O) groups is 2. The largest absolute Gasteiger partial charge is 0.454 e. The number of ketones is 1. The molecule has 0 aliphatic heterocycles. The van der Waals surface area contributed by atoms with Gasteiger partial charge in [0.05, 0.1) is 15.5 Å². The molecule has 6 nitrogen and oxygen atoms in total. The number of halogens is 2. The number of ether oxygens (including phenoxy) is 1. The second-order valence-electron chi connectivity index (χ2n) is 4.67. The Morgan fingerprint density at radius 3 is 2.42 bits per heavy atom. The van der Waals surface area contributed by atoms with Crippen LogP contribution in [0.3, 0.4) is 0 Å². The lowest BCUT2D eigenvalue weighted by Gasteiger charge is -2.08. The maximum atomic E-state index is 12.1. The molecule has 0 unspecified atom stereocenters. The quantitative estimate of drug-likeness (QED) is 0.578. The number of nitrogens with two attached hydrogens (primary N) is 1. The van der Waals surface area contributed by atoms with Gasteiger partial charge in [-0.25, -0.2) is 18.4 Å². The van der Waals surface area contributed by atoms with E-state index in [0.717, 1.165) is 6.07 Å². The molecule has 0 heterocycles. The number of sulfonamides is 1. The Morgan fingerprint density at radius 1 is 1.12 bits per heavy atom. The Bertz CT molecular complexity index is 914. The smallest absolute Gasteiger partial charge is 0.340 e. The Morgan fingerprint density at radius 2 is 1.79 bits per heavy atom. The van der Waals surface area contributed by atoms with Crippen molar-refractivity contribution in [1.82, 2.24) is 0 Å². The van der Waals surface area contributed by atoms with E-state index >= 15 is 0 Å². The van der Waals surface area contributed by atoms with Crippen molar-refractivity contribution in [2.75, 3.05) is 6.61 Å². The topological polar surface area (TPSA) is 104 Å². The molecule has 2 N–H and O–H groups in total. The van der Waals surface area contributed by atoms with Crippen LogP contribution in [0.4, 0.5) is 0 Å². The highest BCUT2D eigenvalue weighted by Crippen LogP contribution is 2.21. The van der Waals surface area contributed by atoms with Crippen molar-refractivity contribution in [3.05, 3.63) is 63.1 Å². The zero-order chi connectivity index (χ0) is 17.9. The second-order valence-corrected chi connectivity index (χ2v) is 7.49. The van der Waals surface area contributed by atoms with Crippen LogP contribution >= 0.6 is 27.5 Å². The SMILES string of the molecule is NS(=O)(=O)c1ccc(Cl)c(C(=O)OCC(=O)c2ccccc2Br)c1. The Kier molecular flexibility index (Phi) is 5.76. The lowest BCUT2D eigenvalue weighted by molar-refractivity contribution is 0.0474. The number of benzene rings is 2. The van der Waals surface area contributed by atoms with Crippen LogP contribution in [-0.2, 0) is 14.8 Å². The van der Waals surface area contributed by atoms with Gasteiger partial charge in [-0.3, -0.25) is 4.79 Å². The minimum absolute atomic E-state index is 0.0132. The molecule has 2 aromatic rings. The molecule has 9 heteroatoms. The first-order valence-corrected chi connectivity index (χ1v) is 9.19. The number of esters is 1. The van der Waals surface area contributed by atoms with E-state index in [1.54, 1.807) is 24.3 Å². The zero-order valence-electron chi connectivity index (χ0n) is 12.0. The van der Waals surface area contributed by atoms with Gasteiger partial charge in [-0.2, -0.15) is 0 Å². The normalized spacial score (nSPS) is 11.1. The summed E-state index contributed by atoms with van der Waals surface area (Å²) in [4.78, 5) is 23.8. The second kappa shape index (κ2) is 7.43. The fourth-order valence-corrected chi connectivity index (χ4v) is 3.05. The van der Waals surface area contributed by atoms with Crippen molar-refractivity contribution >= 4 is 49.3 Å². The third-order valence-corrected chi connectivity index (χ3v) is 4.93. The van der Waals surface area contributed by atoms with E-state index in [2.05, 4.69) is 15.9 Å². The van der Waals surface area contributed by atoms with Gasteiger partial charge in [0.2, 0.25) is 15.8 Å². The molecule has 0 saturated heterocycles. The Labute approximate surface area is 151 Å². The summed E-state index contributed by atoms with van der Waals surface area (Å²) in [6.07, 6.45) is 0.